The van der Waals surface area contributed by atoms with Gasteiger partial charge in [-0.3, -0.25) is 0 Å². The number of halogens is 1. The fourth-order valence-electron chi connectivity index (χ4n) is 3.06. The summed E-state index contributed by atoms with van der Waals surface area (Å²) in [5.74, 6) is 0.896. The maximum Gasteiger partial charge on any atom is 0.119 e. The second kappa shape index (κ2) is 6.62. The van der Waals surface area contributed by atoms with Gasteiger partial charge in [-0.15, -0.1) is 0 Å². The van der Waals surface area contributed by atoms with Crippen molar-refractivity contribution in [3.05, 3.63) is 47.0 Å². The highest BCUT2D eigenvalue weighted by Gasteiger charge is 2.27. The average molecular weight is 350 g/mol. The van der Waals surface area contributed by atoms with Crippen LogP contribution in [0, 0.1) is 0 Å². The Morgan fingerprint density at radius 1 is 1.43 bits per heavy atom. The van der Waals surface area contributed by atoms with Gasteiger partial charge in [0, 0.05) is 35.5 Å². The molecule has 4 nitrogen and oxygen atoms in total. The first-order chi connectivity index (χ1) is 10.3. The Kier molecular flexibility index (Phi) is 4.60. The van der Waals surface area contributed by atoms with Gasteiger partial charge in [0.25, 0.3) is 0 Å². The Hall–Kier alpha value is -1.33. The van der Waals surface area contributed by atoms with E-state index in [0.717, 1.165) is 16.8 Å². The first kappa shape index (κ1) is 14.6. The summed E-state index contributed by atoms with van der Waals surface area (Å²) in [7, 11) is 1.70. The quantitative estimate of drug-likeness (QED) is 0.897. The molecule has 1 N–H and O–H groups in total. The van der Waals surface area contributed by atoms with Crippen molar-refractivity contribution in [2.45, 2.75) is 37.9 Å². The third-order valence-corrected chi connectivity index (χ3v) is 4.97. The molecule has 1 aromatic heterocycles. The van der Waals surface area contributed by atoms with Gasteiger partial charge in [0.15, 0.2) is 0 Å². The van der Waals surface area contributed by atoms with Crippen LogP contribution in [-0.2, 0) is 6.54 Å². The number of hydrogen-bond acceptors (Lipinski definition) is 3. The lowest BCUT2D eigenvalue weighted by Crippen LogP contribution is -2.33. The Labute approximate surface area is 133 Å². The van der Waals surface area contributed by atoms with Crippen LogP contribution in [0.1, 0.15) is 30.9 Å². The van der Waals surface area contributed by atoms with Crippen molar-refractivity contribution in [2.24, 2.45) is 0 Å². The molecule has 1 heterocycles. The van der Waals surface area contributed by atoms with Crippen molar-refractivity contribution in [3.63, 3.8) is 0 Å². The molecule has 3 rings (SSSR count). The van der Waals surface area contributed by atoms with Crippen molar-refractivity contribution in [3.8, 4) is 5.75 Å². The van der Waals surface area contributed by atoms with Gasteiger partial charge in [0.2, 0.25) is 0 Å². The molecule has 21 heavy (non-hydrogen) atoms. The predicted molar refractivity (Wildman–Crippen MR) is 86.4 cm³/mol. The smallest absolute Gasteiger partial charge is 0.119 e. The van der Waals surface area contributed by atoms with Gasteiger partial charge in [-0.1, -0.05) is 15.9 Å². The molecule has 2 atom stereocenters. The zero-order valence-electron chi connectivity index (χ0n) is 12.1. The van der Waals surface area contributed by atoms with E-state index < -0.39 is 0 Å². The normalized spacial score (nSPS) is 21.6. The van der Waals surface area contributed by atoms with Gasteiger partial charge in [-0.2, -0.15) is 0 Å². The van der Waals surface area contributed by atoms with Crippen LogP contribution in [0.5, 0.6) is 5.75 Å². The highest BCUT2D eigenvalue weighted by Crippen LogP contribution is 2.30. The largest absolute Gasteiger partial charge is 0.497 e. The summed E-state index contributed by atoms with van der Waals surface area (Å²) in [6.45, 7) is 0.841. The van der Waals surface area contributed by atoms with E-state index in [2.05, 4.69) is 43.1 Å². The number of aromatic nitrogens is 2. The molecule has 0 amide bonds. The first-order valence-electron chi connectivity index (χ1n) is 7.31. The Bertz CT molecular complexity index is 585. The maximum atomic E-state index is 5.30. The zero-order chi connectivity index (χ0) is 14.7. The van der Waals surface area contributed by atoms with Gasteiger partial charge < -0.3 is 14.6 Å². The molecule has 1 aliphatic rings. The fourth-order valence-corrected chi connectivity index (χ4v) is 3.44. The van der Waals surface area contributed by atoms with Gasteiger partial charge >= 0.3 is 0 Å². The predicted octanol–water partition coefficient (Wildman–Crippen LogP) is 3.54. The van der Waals surface area contributed by atoms with Gasteiger partial charge in [-0.25, -0.2) is 4.98 Å². The Morgan fingerprint density at radius 3 is 3.10 bits per heavy atom. The van der Waals surface area contributed by atoms with Gasteiger partial charge in [0.05, 0.1) is 13.4 Å². The summed E-state index contributed by atoms with van der Waals surface area (Å²) in [6.07, 6.45) is 9.53. The van der Waals surface area contributed by atoms with Gasteiger partial charge in [-0.05, 0) is 43.0 Å². The number of rotatable bonds is 5. The molecule has 2 unspecified atom stereocenters. The van der Waals surface area contributed by atoms with Crippen molar-refractivity contribution in [1.82, 2.24) is 14.9 Å². The van der Waals surface area contributed by atoms with Crippen LogP contribution in [-0.4, -0.2) is 22.7 Å². The van der Waals surface area contributed by atoms with Crippen molar-refractivity contribution < 1.29 is 4.74 Å². The van der Waals surface area contributed by atoms with Crippen LogP contribution < -0.4 is 10.1 Å². The highest BCUT2D eigenvalue weighted by atomic mass is 79.9. The fraction of sp³-hybridized carbons (Fsp3) is 0.438. The summed E-state index contributed by atoms with van der Waals surface area (Å²) >= 11 is 3.61. The second-order valence-electron chi connectivity index (χ2n) is 5.45. The minimum absolute atomic E-state index is 0.498. The van der Waals surface area contributed by atoms with Crippen LogP contribution >= 0.6 is 15.9 Å². The number of nitrogens with zero attached hydrogens (tertiary/aromatic N) is 2. The SMILES string of the molecule is COc1ccc(Br)c(CNC2CCCC2n2ccnc2)c1. The van der Waals surface area contributed by atoms with E-state index in [0.29, 0.717) is 12.1 Å². The number of ether oxygens (including phenoxy) is 1. The molecular weight excluding hydrogens is 330 g/mol. The molecule has 0 saturated heterocycles. The summed E-state index contributed by atoms with van der Waals surface area (Å²) in [5, 5.41) is 3.69. The van der Waals surface area contributed by atoms with E-state index >= 15 is 0 Å². The van der Waals surface area contributed by atoms with E-state index in [4.69, 9.17) is 4.74 Å². The lowest BCUT2D eigenvalue weighted by Gasteiger charge is -2.22. The third kappa shape index (κ3) is 3.30. The first-order valence-corrected chi connectivity index (χ1v) is 8.10. The molecule has 0 aliphatic heterocycles. The molecule has 5 heteroatoms. The van der Waals surface area contributed by atoms with Crippen LogP contribution in [0.15, 0.2) is 41.4 Å². The third-order valence-electron chi connectivity index (χ3n) is 4.19. The highest BCUT2D eigenvalue weighted by molar-refractivity contribution is 9.10. The summed E-state index contributed by atoms with van der Waals surface area (Å²) in [5.41, 5.74) is 1.23. The minimum Gasteiger partial charge on any atom is -0.497 e. The lowest BCUT2D eigenvalue weighted by atomic mass is 10.1. The minimum atomic E-state index is 0.498. The molecule has 0 radical (unpaired) electrons. The molecule has 0 spiro atoms. The number of nitrogens with one attached hydrogen (secondary N) is 1. The number of imidazole rings is 1. The van der Waals surface area contributed by atoms with Crippen molar-refractivity contribution >= 4 is 15.9 Å². The van der Waals surface area contributed by atoms with E-state index in [9.17, 15) is 0 Å². The maximum absolute atomic E-state index is 5.30. The molecule has 1 aliphatic carbocycles. The van der Waals surface area contributed by atoms with Crippen LogP contribution in [0.4, 0.5) is 0 Å². The number of benzene rings is 1. The van der Waals surface area contributed by atoms with E-state index in [-0.39, 0.29) is 0 Å². The number of methoxy groups -OCH3 is 1. The van der Waals surface area contributed by atoms with E-state index in [1.807, 2.05) is 24.7 Å². The zero-order valence-corrected chi connectivity index (χ0v) is 13.7. The second-order valence-corrected chi connectivity index (χ2v) is 6.31. The van der Waals surface area contributed by atoms with Crippen LogP contribution in [0.2, 0.25) is 0 Å². The Balaban J connectivity index is 1.67. The summed E-state index contributed by atoms with van der Waals surface area (Å²) in [6, 6.07) is 7.10. The standard InChI is InChI=1S/C16H20BrN3O/c1-21-13-5-6-14(17)12(9-13)10-19-15-3-2-4-16(15)20-8-7-18-11-20/h5-9,11,15-16,19H,2-4,10H2,1H3. The van der Waals surface area contributed by atoms with Crippen molar-refractivity contribution in [1.29, 1.82) is 0 Å². The monoisotopic (exact) mass is 349 g/mol. The van der Waals surface area contributed by atoms with Crippen LogP contribution in [0.25, 0.3) is 0 Å². The van der Waals surface area contributed by atoms with E-state index in [1.54, 1.807) is 7.11 Å². The molecule has 1 aromatic carbocycles. The summed E-state index contributed by atoms with van der Waals surface area (Å²) in [4.78, 5) is 4.17. The molecule has 0 bridgehead atoms. The molecule has 1 saturated carbocycles. The van der Waals surface area contributed by atoms with Crippen molar-refractivity contribution in [2.75, 3.05) is 7.11 Å². The van der Waals surface area contributed by atoms with E-state index in [1.165, 1.54) is 24.8 Å². The lowest BCUT2D eigenvalue weighted by molar-refractivity contribution is 0.389. The Morgan fingerprint density at radius 2 is 2.33 bits per heavy atom. The average Bonchev–Trinajstić information content (AvgIpc) is 3.17. The molecule has 112 valence electrons. The van der Waals surface area contributed by atoms with Crippen LogP contribution in [0.3, 0.4) is 0 Å². The molecule has 1 fully saturated rings. The molecular formula is C16H20BrN3O. The van der Waals surface area contributed by atoms with Gasteiger partial charge in [0.1, 0.15) is 5.75 Å². The summed E-state index contributed by atoms with van der Waals surface area (Å²) < 4.78 is 8.65. The topological polar surface area (TPSA) is 39.1 Å². The number of hydrogen-bond donors (Lipinski definition) is 1. The molecule has 2 aromatic rings.